The van der Waals surface area contributed by atoms with Crippen molar-refractivity contribution in [3.05, 3.63) is 36.2 Å². The summed E-state index contributed by atoms with van der Waals surface area (Å²) in [6.45, 7) is 1.45. The number of aromatic nitrogens is 1. The Morgan fingerprint density at radius 1 is 1.29 bits per heavy atom. The molecule has 0 N–H and O–H groups in total. The molecule has 1 aliphatic rings. The molecule has 0 saturated carbocycles. The minimum atomic E-state index is -0.190. The van der Waals surface area contributed by atoms with Crippen molar-refractivity contribution < 1.29 is 18.7 Å². The molecular weight excluding hydrogens is 308 g/mol. The van der Waals surface area contributed by atoms with Crippen LogP contribution in [0, 0.1) is 0 Å². The lowest BCUT2D eigenvalue weighted by Gasteiger charge is -2.32. The van der Waals surface area contributed by atoms with E-state index in [0.29, 0.717) is 12.4 Å². The number of methoxy groups -OCH3 is 2. The fourth-order valence-electron chi connectivity index (χ4n) is 3.04. The summed E-state index contributed by atoms with van der Waals surface area (Å²) < 4.78 is 15.7. The van der Waals surface area contributed by atoms with Crippen LogP contribution in [0.3, 0.4) is 0 Å². The van der Waals surface area contributed by atoms with Crippen LogP contribution >= 0.6 is 0 Å². The molecule has 1 saturated heterocycles. The first-order valence-corrected chi connectivity index (χ1v) is 8.12. The smallest absolute Gasteiger partial charge is 0.323 e. The predicted molar refractivity (Wildman–Crippen MR) is 88.6 cm³/mol. The highest BCUT2D eigenvalue weighted by molar-refractivity contribution is 5.75. The third-order valence-corrected chi connectivity index (χ3v) is 4.34. The molecule has 128 valence electrons. The van der Waals surface area contributed by atoms with Gasteiger partial charge in [-0.1, -0.05) is 6.42 Å². The zero-order valence-electron chi connectivity index (χ0n) is 14.0. The summed E-state index contributed by atoms with van der Waals surface area (Å²) in [5, 5.41) is 0. The standard InChI is InChI=1S/C18H22N2O4/c1-22-15-8-6-13(7-9-15)17-19-14(12-24-17)11-20-10-4-3-5-16(20)18(21)23-2/h6-9,12,16H,3-5,10-11H2,1-2H3/t16-/m1/s1. The summed E-state index contributed by atoms with van der Waals surface area (Å²) in [7, 11) is 3.07. The number of esters is 1. The molecule has 3 rings (SSSR count). The van der Waals surface area contributed by atoms with Gasteiger partial charge in [0.25, 0.3) is 0 Å². The summed E-state index contributed by atoms with van der Waals surface area (Å²) in [6.07, 6.45) is 4.61. The SMILES string of the molecule is COC(=O)[C@H]1CCCCN1Cc1coc(-c2ccc(OC)cc2)n1. The number of benzene rings is 1. The molecule has 6 heteroatoms. The highest BCUT2D eigenvalue weighted by Crippen LogP contribution is 2.24. The Hall–Kier alpha value is -2.34. The Labute approximate surface area is 141 Å². The van der Waals surface area contributed by atoms with Crippen molar-refractivity contribution in [2.75, 3.05) is 20.8 Å². The summed E-state index contributed by atoms with van der Waals surface area (Å²) in [5.41, 5.74) is 1.71. The van der Waals surface area contributed by atoms with Crippen molar-refractivity contribution in [3.63, 3.8) is 0 Å². The summed E-state index contributed by atoms with van der Waals surface area (Å²) in [6, 6.07) is 7.37. The van der Waals surface area contributed by atoms with Gasteiger partial charge in [0.2, 0.25) is 5.89 Å². The van der Waals surface area contributed by atoms with E-state index >= 15 is 0 Å². The quantitative estimate of drug-likeness (QED) is 0.786. The van der Waals surface area contributed by atoms with Crippen molar-refractivity contribution in [1.82, 2.24) is 9.88 Å². The molecule has 2 heterocycles. The van der Waals surface area contributed by atoms with Gasteiger partial charge in [0.05, 0.1) is 19.9 Å². The van der Waals surface area contributed by atoms with Crippen molar-refractivity contribution in [1.29, 1.82) is 0 Å². The molecule has 1 aliphatic heterocycles. The molecule has 0 radical (unpaired) electrons. The lowest BCUT2D eigenvalue weighted by Crippen LogP contribution is -2.44. The number of carbonyl (C=O) groups is 1. The van der Waals surface area contributed by atoms with E-state index in [9.17, 15) is 4.79 Å². The molecule has 0 unspecified atom stereocenters. The summed E-state index contributed by atoms with van der Waals surface area (Å²) >= 11 is 0. The van der Waals surface area contributed by atoms with Crippen LogP contribution in [0.5, 0.6) is 5.75 Å². The van der Waals surface area contributed by atoms with Crippen LogP contribution in [0.25, 0.3) is 11.5 Å². The zero-order valence-corrected chi connectivity index (χ0v) is 14.0. The van der Waals surface area contributed by atoms with Gasteiger partial charge in [0, 0.05) is 12.1 Å². The first kappa shape index (κ1) is 16.5. The van der Waals surface area contributed by atoms with Crippen molar-refractivity contribution in [3.8, 4) is 17.2 Å². The minimum Gasteiger partial charge on any atom is -0.497 e. The topological polar surface area (TPSA) is 64.8 Å². The second-order valence-corrected chi connectivity index (χ2v) is 5.88. The molecule has 6 nitrogen and oxygen atoms in total. The highest BCUT2D eigenvalue weighted by Gasteiger charge is 2.30. The number of oxazole rings is 1. The maximum absolute atomic E-state index is 11.9. The van der Waals surface area contributed by atoms with Crippen LogP contribution in [0.15, 0.2) is 34.9 Å². The van der Waals surface area contributed by atoms with Crippen LogP contribution in [0.4, 0.5) is 0 Å². The van der Waals surface area contributed by atoms with E-state index in [0.717, 1.165) is 42.8 Å². The summed E-state index contributed by atoms with van der Waals surface area (Å²) in [4.78, 5) is 18.6. The lowest BCUT2D eigenvalue weighted by atomic mass is 10.0. The normalized spacial score (nSPS) is 18.3. The third kappa shape index (κ3) is 3.59. The average Bonchev–Trinajstić information content (AvgIpc) is 3.10. The van der Waals surface area contributed by atoms with E-state index in [1.54, 1.807) is 13.4 Å². The number of carbonyl (C=O) groups excluding carboxylic acids is 1. The van der Waals surface area contributed by atoms with E-state index in [2.05, 4.69) is 9.88 Å². The minimum absolute atomic E-state index is 0.173. The molecular formula is C18H22N2O4. The van der Waals surface area contributed by atoms with E-state index < -0.39 is 0 Å². The Balaban J connectivity index is 1.71. The number of hydrogen-bond donors (Lipinski definition) is 0. The van der Waals surface area contributed by atoms with Crippen LogP contribution in [0.2, 0.25) is 0 Å². The van der Waals surface area contributed by atoms with Crippen LogP contribution in [-0.4, -0.2) is 42.7 Å². The van der Waals surface area contributed by atoms with E-state index in [1.165, 1.54) is 7.11 Å². The van der Waals surface area contributed by atoms with E-state index in [1.807, 2.05) is 24.3 Å². The van der Waals surface area contributed by atoms with Crippen molar-refractivity contribution in [2.24, 2.45) is 0 Å². The molecule has 1 fully saturated rings. The molecule has 0 spiro atoms. The van der Waals surface area contributed by atoms with Gasteiger partial charge in [0.15, 0.2) is 0 Å². The number of ether oxygens (including phenoxy) is 2. The Morgan fingerprint density at radius 2 is 2.08 bits per heavy atom. The highest BCUT2D eigenvalue weighted by atomic mass is 16.5. The van der Waals surface area contributed by atoms with Gasteiger partial charge in [-0.15, -0.1) is 0 Å². The fourth-order valence-corrected chi connectivity index (χ4v) is 3.04. The first-order chi connectivity index (χ1) is 11.7. The van der Waals surface area contributed by atoms with Crippen molar-refractivity contribution in [2.45, 2.75) is 31.8 Å². The predicted octanol–water partition coefficient (Wildman–Crippen LogP) is 2.88. The molecule has 0 amide bonds. The monoisotopic (exact) mass is 330 g/mol. The summed E-state index contributed by atoms with van der Waals surface area (Å²) in [5.74, 6) is 1.19. The maximum Gasteiger partial charge on any atom is 0.323 e. The number of hydrogen-bond acceptors (Lipinski definition) is 6. The third-order valence-electron chi connectivity index (χ3n) is 4.34. The zero-order chi connectivity index (χ0) is 16.9. The molecule has 24 heavy (non-hydrogen) atoms. The van der Waals surface area contributed by atoms with Gasteiger partial charge in [-0.05, 0) is 43.7 Å². The van der Waals surface area contributed by atoms with Crippen molar-refractivity contribution >= 4 is 5.97 Å². The van der Waals surface area contributed by atoms with Gasteiger partial charge in [-0.3, -0.25) is 9.69 Å². The molecule has 1 aromatic carbocycles. The van der Waals surface area contributed by atoms with Gasteiger partial charge in [-0.25, -0.2) is 4.98 Å². The second-order valence-electron chi connectivity index (χ2n) is 5.88. The molecule has 0 bridgehead atoms. The molecule has 0 aliphatic carbocycles. The Morgan fingerprint density at radius 3 is 2.79 bits per heavy atom. The van der Waals surface area contributed by atoms with Crippen LogP contribution in [-0.2, 0) is 16.1 Å². The van der Waals surface area contributed by atoms with Crippen LogP contribution in [0.1, 0.15) is 25.0 Å². The second kappa shape index (κ2) is 7.49. The van der Waals surface area contributed by atoms with E-state index in [-0.39, 0.29) is 12.0 Å². The lowest BCUT2D eigenvalue weighted by molar-refractivity contribution is -0.148. The van der Waals surface area contributed by atoms with Gasteiger partial charge >= 0.3 is 5.97 Å². The first-order valence-electron chi connectivity index (χ1n) is 8.12. The van der Waals surface area contributed by atoms with Gasteiger partial charge < -0.3 is 13.9 Å². The Bertz CT molecular complexity index is 681. The van der Waals surface area contributed by atoms with Gasteiger partial charge in [-0.2, -0.15) is 0 Å². The number of likely N-dealkylation sites (tertiary alicyclic amines) is 1. The van der Waals surface area contributed by atoms with Crippen LogP contribution < -0.4 is 4.74 Å². The van der Waals surface area contributed by atoms with Gasteiger partial charge in [0.1, 0.15) is 18.1 Å². The molecule has 1 atom stereocenters. The largest absolute Gasteiger partial charge is 0.497 e. The number of piperidine rings is 1. The molecule has 1 aromatic heterocycles. The number of nitrogens with zero attached hydrogens (tertiary/aromatic N) is 2. The maximum atomic E-state index is 11.9. The average molecular weight is 330 g/mol. The molecule has 2 aromatic rings. The van der Waals surface area contributed by atoms with E-state index in [4.69, 9.17) is 13.9 Å². The Kier molecular flexibility index (Phi) is 5.15. The fraction of sp³-hybridized carbons (Fsp3) is 0.444. The number of rotatable bonds is 5.